The van der Waals surface area contributed by atoms with E-state index in [4.69, 9.17) is 5.26 Å². The van der Waals surface area contributed by atoms with E-state index in [2.05, 4.69) is 10.6 Å². The molecule has 0 saturated carbocycles. The third-order valence-electron chi connectivity index (χ3n) is 5.72. The number of nitrogens with zero attached hydrogens (tertiary/aromatic N) is 2. The van der Waals surface area contributed by atoms with Crippen LogP contribution in [0.4, 0.5) is 4.79 Å². The molecule has 0 radical (unpaired) electrons. The number of carboxylic acid groups (broad SMARTS) is 1. The van der Waals surface area contributed by atoms with Crippen molar-refractivity contribution in [3.63, 3.8) is 0 Å². The first-order valence-electron chi connectivity index (χ1n) is 10.5. The zero-order valence-corrected chi connectivity index (χ0v) is 17.8. The second-order valence-electron chi connectivity index (χ2n) is 7.88. The molecule has 32 heavy (non-hydrogen) atoms. The van der Waals surface area contributed by atoms with Gasteiger partial charge in [-0.1, -0.05) is 42.5 Å². The Morgan fingerprint density at radius 3 is 2.47 bits per heavy atom. The average Bonchev–Trinajstić information content (AvgIpc) is 2.82. The van der Waals surface area contributed by atoms with E-state index in [9.17, 15) is 19.5 Å². The number of piperidine rings is 1. The minimum atomic E-state index is -1.14. The van der Waals surface area contributed by atoms with Crippen molar-refractivity contribution in [2.24, 2.45) is 0 Å². The molecule has 3 N–H and O–H groups in total. The van der Waals surface area contributed by atoms with E-state index in [0.717, 1.165) is 16.0 Å². The Morgan fingerprint density at radius 2 is 1.84 bits per heavy atom. The fourth-order valence-electron chi connectivity index (χ4n) is 3.89. The largest absolute Gasteiger partial charge is 0.465 e. The lowest BCUT2D eigenvalue weighted by molar-refractivity contribution is -0.132. The highest BCUT2D eigenvalue weighted by atomic mass is 16.4. The summed E-state index contributed by atoms with van der Waals surface area (Å²) in [5, 5.41) is 23.8. The van der Waals surface area contributed by atoms with Crippen LogP contribution in [0.3, 0.4) is 0 Å². The Bertz CT molecular complexity index is 1000. The molecule has 0 aromatic heterocycles. The van der Waals surface area contributed by atoms with E-state index in [1.807, 2.05) is 36.4 Å². The van der Waals surface area contributed by atoms with Gasteiger partial charge >= 0.3 is 6.09 Å². The van der Waals surface area contributed by atoms with Crippen LogP contribution < -0.4 is 10.6 Å². The summed E-state index contributed by atoms with van der Waals surface area (Å²) in [6.45, 7) is 2.08. The Balaban J connectivity index is 1.59. The number of rotatable bonds is 6. The predicted molar refractivity (Wildman–Crippen MR) is 118 cm³/mol. The van der Waals surface area contributed by atoms with Gasteiger partial charge in [0.15, 0.2) is 0 Å². The SMILES string of the molecule is CC(NC(=O)[C@H]1C[C@@H](c2ccccc2)CCN1C(=O)O)C(=O)NCc1ccc(C#N)cc1. The van der Waals surface area contributed by atoms with Gasteiger partial charge in [-0.05, 0) is 48.9 Å². The number of carbonyl (C=O) groups excluding carboxylic acids is 2. The lowest BCUT2D eigenvalue weighted by Crippen LogP contribution is -2.56. The van der Waals surface area contributed by atoms with Crippen molar-refractivity contribution < 1.29 is 19.5 Å². The first-order chi connectivity index (χ1) is 15.4. The number of hydrogen-bond acceptors (Lipinski definition) is 4. The Kier molecular flexibility index (Phi) is 7.45. The summed E-state index contributed by atoms with van der Waals surface area (Å²) in [6.07, 6.45) is -0.141. The van der Waals surface area contributed by atoms with Gasteiger partial charge in [0.05, 0.1) is 11.6 Å². The molecule has 0 spiro atoms. The summed E-state index contributed by atoms with van der Waals surface area (Å²) in [6, 6.07) is 16.9. The normalized spacial score (nSPS) is 18.8. The third-order valence-corrected chi connectivity index (χ3v) is 5.72. The minimum Gasteiger partial charge on any atom is -0.465 e. The van der Waals surface area contributed by atoms with Crippen LogP contribution in [0.25, 0.3) is 0 Å². The second-order valence-corrected chi connectivity index (χ2v) is 7.88. The van der Waals surface area contributed by atoms with Crippen molar-refractivity contribution in [1.82, 2.24) is 15.5 Å². The van der Waals surface area contributed by atoms with E-state index in [0.29, 0.717) is 18.4 Å². The summed E-state index contributed by atoms with van der Waals surface area (Å²) < 4.78 is 0. The van der Waals surface area contributed by atoms with Crippen molar-refractivity contribution in [2.75, 3.05) is 6.54 Å². The highest BCUT2D eigenvalue weighted by Crippen LogP contribution is 2.31. The molecule has 0 aliphatic carbocycles. The van der Waals surface area contributed by atoms with E-state index in [-0.39, 0.29) is 24.9 Å². The molecule has 3 rings (SSSR count). The molecule has 1 fully saturated rings. The standard InChI is InChI=1S/C24H26N4O4/c1-16(22(29)26-15-18-9-7-17(14-25)8-10-18)27-23(30)21-13-20(11-12-28(21)24(31)32)19-5-3-2-4-6-19/h2-10,16,20-21H,11-13,15H2,1H3,(H,26,29)(H,27,30)(H,31,32)/t16?,20-,21+/m0/s1. The maximum atomic E-state index is 12.9. The Morgan fingerprint density at radius 1 is 1.16 bits per heavy atom. The van der Waals surface area contributed by atoms with Crippen LogP contribution in [0.2, 0.25) is 0 Å². The topological polar surface area (TPSA) is 123 Å². The molecule has 8 heteroatoms. The van der Waals surface area contributed by atoms with E-state index >= 15 is 0 Å². The van der Waals surface area contributed by atoms with Gasteiger partial charge in [0.1, 0.15) is 12.1 Å². The van der Waals surface area contributed by atoms with Crippen molar-refractivity contribution in [3.05, 3.63) is 71.3 Å². The summed E-state index contributed by atoms with van der Waals surface area (Å²) >= 11 is 0. The monoisotopic (exact) mass is 434 g/mol. The second kappa shape index (κ2) is 10.4. The number of nitrogens with one attached hydrogen (secondary N) is 2. The molecule has 3 atom stereocenters. The van der Waals surface area contributed by atoms with Crippen LogP contribution in [0.1, 0.15) is 42.4 Å². The van der Waals surface area contributed by atoms with Gasteiger partial charge in [0.2, 0.25) is 11.8 Å². The zero-order valence-electron chi connectivity index (χ0n) is 17.8. The van der Waals surface area contributed by atoms with Crippen LogP contribution in [0, 0.1) is 11.3 Å². The van der Waals surface area contributed by atoms with Crippen molar-refractivity contribution >= 4 is 17.9 Å². The smallest absolute Gasteiger partial charge is 0.407 e. The van der Waals surface area contributed by atoms with Crippen LogP contribution >= 0.6 is 0 Å². The first-order valence-corrected chi connectivity index (χ1v) is 10.5. The quantitative estimate of drug-likeness (QED) is 0.645. The van der Waals surface area contributed by atoms with Gasteiger partial charge in [0, 0.05) is 13.1 Å². The molecule has 1 aliphatic heterocycles. The molecule has 8 nitrogen and oxygen atoms in total. The fraction of sp³-hybridized carbons (Fsp3) is 0.333. The summed E-state index contributed by atoms with van der Waals surface area (Å²) in [7, 11) is 0. The highest BCUT2D eigenvalue weighted by Gasteiger charge is 2.37. The Hall–Kier alpha value is -3.86. The van der Waals surface area contributed by atoms with Gasteiger partial charge in [0.25, 0.3) is 0 Å². The van der Waals surface area contributed by atoms with Gasteiger partial charge < -0.3 is 15.7 Å². The maximum Gasteiger partial charge on any atom is 0.407 e. The molecular weight excluding hydrogens is 408 g/mol. The van der Waals surface area contributed by atoms with Gasteiger partial charge in [-0.15, -0.1) is 0 Å². The zero-order chi connectivity index (χ0) is 23.1. The predicted octanol–water partition coefficient (Wildman–Crippen LogP) is 2.61. The van der Waals surface area contributed by atoms with Crippen LogP contribution in [-0.2, 0) is 16.1 Å². The number of likely N-dealkylation sites (tertiary alicyclic amines) is 1. The molecule has 1 aliphatic rings. The third kappa shape index (κ3) is 5.64. The minimum absolute atomic E-state index is 0.0723. The van der Waals surface area contributed by atoms with E-state index in [1.54, 1.807) is 31.2 Å². The molecule has 3 amide bonds. The fourth-order valence-corrected chi connectivity index (χ4v) is 3.89. The first kappa shape index (κ1) is 22.8. The van der Waals surface area contributed by atoms with E-state index < -0.39 is 24.1 Å². The van der Waals surface area contributed by atoms with Crippen molar-refractivity contribution in [2.45, 2.75) is 44.3 Å². The van der Waals surface area contributed by atoms with Crippen LogP contribution in [-0.4, -0.2) is 46.5 Å². The molecule has 2 aromatic rings. The summed E-state index contributed by atoms with van der Waals surface area (Å²) in [5.74, 6) is -0.780. The van der Waals surface area contributed by atoms with Gasteiger partial charge in [-0.25, -0.2) is 4.79 Å². The van der Waals surface area contributed by atoms with Crippen LogP contribution in [0.15, 0.2) is 54.6 Å². The van der Waals surface area contributed by atoms with Crippen molar-refractivity contribution in [1.29, 1.82) is 5.26 Å². The highest BCUT2D eigenvalue weighted by molar-refractivity contribution is 5.91. The molecule has 0 bridgehead atoms. The summed E-state index contributed by atoms with van der Waals surface area (Å²) in [5.41, 5.74) is 2.43. The van der Waals surface area contributed by atoms with Gasteiger partial charge in [-0.3, -0.25) is 14.5 Å². The number of carbonyl (C=O) groups is 3. The molecular formula is C24H26N4O4. The molecule has 2 aromatic carbocycles. The number of benzene rings is 2. The Labute approximate surface area is 186 Å². The van der Waals surface area contributed by atoms with Crippen molar-refractivity contribution in [3.8, 4) is 6.07 Å². The number of nitriles is 1. The molecule has 166 valence electrons. The lowest BCUT2D eigenvalue weighted by atomic mass is 9.85. The molecule has 1 heterocycles. The van der Waals surface area contributed by atoms with E-state index in [1.165, 1.54) is 0 Å². The maximum absolute atomic E-state index is 12.9. The number of hydrogen-bond donors (Lipinski definition) is 3. The molecule has 1 saturated heterocycles. The van der Waals surface area contributed by atoms with Gasteiger partial charge in [-0.2, -0.15) is 5.26 Å². The summed E-state index contributed by atoms with van der Waals surface area (Å²) in [4.78, 5) is 38.2. The number of amides is 3. The average molecular weight is 434 g/mol. The lowest BCUT2D eigenvalue weighted by Gasteiger charge is -2.37. The molecule has 1 unspecified atom stereocenters. The van der Waals surface area contributed by atoms with Crippen LogP contribution in [0.5, 0.6) is 0 Å².